The van der Waals surface area contributed by atoms with Crippen LogP contribution in [0.4, 0.5) is 0 Å². The molecule has 0 fully saturated rings. The third kappa shape index (κ3) is 3.42. The molecule has 3 aromatic carbocycles. The summed E-state index contributed by atoms with van der Waals surface area (Å²) in [5.41, 5.74) is 9.15. The number of aromatic nitrogens is 1. The molecule has 0 aliphatic carbocycles. The van der Waals surface area contributed by atoms with E-state index in [-0.39, 0.29) is 0 Å². The van der Waals surface area contributed by atoms with Crippen molar-refractivity contribution < 1.29 is 4.57 Å². The number of benzene rings is 3. The van der Waals surface area contributed by atoms with Gasteiger partial charge in [-0.3, -0.25) is 0 Å². The fraction of sp³-hybridized carbons (Fsp3) is 0.296. The molecule has 1 aromatic heterocycles. The summed E-state index contributed by atoms with van der Waals surface area (Å²) in [7, 11) is 0. The first kappa shape index (κ1) is 19.9. The van der Waals surface area contributed by atoms with E-state index in [0.29, 0.717) is 5.92 Å². The highest BCUT2D eigenvalue weighted by Gasteiger charge is 2.23. The molecule has 0 bridgehead atoms. The number of rotatable bonds is 4. The van der Waals surface area contributed by atoms with Crippen molar-refractivity contribution >= 4 is 33.4 Å². The number of fused-ring (bicyclic) bond motifs is 2. The molecule has 0 aliphatic heterocycles. The lowest BCUT2D eigenvalue weighted by Crippen LogP contribution is -2.35. The van der Waals surface area contributed by atoms with Crippen LogP contribution in [-0.2, 0) is 6.54 Å². The predicted octanol–water partition coefficient (Wildman–Crippen LogP) is 7.75. The van der Waals surface area contributed by atoms with Gasteiger partial charge in [0.25, 0.3) is 0 Å². The second-order valence-electron chi connectivity index (χ2n) is 8.39. The fourth-order valence-electron chi connectivity index (χ4n) is 4.51. The summed E-state index contributed by atoms with van der Waals surface area (Å²) >= 11 is 6.51. The number of hydrogen-bond donors (Lipinski definition) is 0. The van der Waals surface area contributed by atoms with E-state index in [1.165, 1.54) is 49.6 Å². The second-order valence-corrected chi connectivity index (χ2v) is 8.82. The second kappa shape index (κ2) is 7.80. The first-order valence-electron chi connectivity index (χ1n) is 10.6. The molecule has 1 nitrogen and oxygen atoms in total. The van der Waals surface area contributed by atoms with Crippen molar-refractivity contribution in [2.45, 2.75) is 53.5 Å². The smallest absolute Gasteiger partial charge is 0.191 e. The third-order valence-corrected chi connectivity index (χ3v) is 6.18. The van der Waals surface area contributed by atoms with Gasteiger partial charge in [-0.05, 0) is 60.2 Å². The molecule has 4 rings (SSSR count). The van der Waals surface area contributed by atoms with Gasteiger partial charge >= 0.3 is 0 Å². The van der Waals surface area contributed by atoms with E-state index in [1.807, 2.05) is 6.07 Å². The van der Waals surface area contributed by atoms with Gasteiger partial charge in [0.1, 0.15) is 6.54 Å². The highest BCUT2D eigenvalue weighted by atomic mass is 35.5. The zero-order valence-corrected chi connectivity index (χ0v) is 18.8. The summed E-state index contributed by atoms with van der Waals surface area (Å²) < 4.78 is 2.46. The van der Waals surface area contributed by atoms with E-state index in [0.717, 1.165) is 18.0 Å². The van der Waals surface area contributed by atoms with Crippen LogP contribution in [0.2, 0.25) is 5.02 Å². The molecule has 0 atom stereocenters. The minimum absolute atomic E-state index is 0.486. The van der Waals surface area contributed by atoms with Crippen LogP contribution in [0, 0.1) is 13.8 Å². The van der Waals surface area contributed by atoms with Crippen molar-refractivity contribution in [1.82, 2.24) is 0 Å². The minimum Gasteiger partial charge on any atom is -0.191 e. The lowest BCUT2D eigenvalue weighted by Gasteiger charge is -2.17. The van der Waals surface area contributed by atoms with Crippen LogP contribution in [0.15, 0.2) is 54.6 Å². The lowest BCUT2D eigenvalue weighted by molar-refractivity contribution is -0.645. The molecule has 2 heteroatoms. The maximum Gasteiger partial charge on any atom is 0.213 e. The van der Waals surface area contributed by atoms with Crippen molar-refractivity contribution in [2.75, 3.05) is 0 Å². The summed E-state index contributed by atoms with van der Waals surface area (Å²) in [4.78, 5) is 0. The topological polar surface area (TPSA) is 3.88 Å². The van der Waals surface area contributed by atoms with Gasteiger partial charge < -0.3 is 0 Å². The largest absolute Gasteiger partial charge is 0.213 e. The number of hydrogen-bond acceptors (Lipinski definition) is 0. The van der Waals surface area contributed by atoms with E-state index in [4.69, 9.17) is 11.6 Å². The van der Waals surface area contributed by atoms with Crippen LogP contribution in [-0.4, -0.2) is 0 Å². The number of halogens is 1. The molecule has 148 valence electrons. The molecule has 0 saturated heterocycles. The van der Waals surface area contributed by atoms with Crippen LogP contribution in [0.1, 0.15) is 49.8 Å². The van der Waals surface area contributed by atoms with Gasteiger partial charge in [0.05, 0.1) is 10.8 Å². The van der Waals surface area contributed by atoms with Gasteiger partial charge in [0.15, 0.2) is 0 Å². The molecule has 1 heterocycles. The van der Waals surface area contributed by atoms with E-state index in [1.54, 1.807) is 0 Å². The number of aryl methyl sites for hydroxylation is 3. The van der Waals surface area contributed by atoms with Gasteiger partial charge in [-0.25, -0.2) is 0 Å². The van der Waals surface area contributed by atoms with Crippen LogP contribution in [0.3, 0.4) is 0 Å². The van der Waals surface area contributed by atoms with Crippen molar-refractivity contribution in [3.05, 3.63) is 76.3 Å². The van der Waals surface area contributed by atoms with Gasteiger partial charge in [-0.15, -0.1) is 0 Å². The summed E-state index contributed by atoms with van der Waals surface area (Å²) in [6.07, 6.45) is 1.09. The van der Waals surface area contributed by atoms with Gasteiger partial charge in [0, 0.05) is 29.1 Å². The van der Waals surface area contributed by atoms with Crippen molar-refractivity contribution in [3.8, 4) is 11.1 Å². The number of pyridine rings is 1. The summed E-state index contributed by atoms with van der Waals surface area (Å²) in [5.74, 6) is 0.486. The zero-order valence-electron chi connectivity index (χ0n) is 18.0. The van der Waals surface area contributed by atoms with Crippen LogP contribution >= 0.6 is 11.6 Å². The summed E-state index contributed by atoms with van der Waals surface area (Å²) in [5, 5.41) is 3.33. The molecule has 0 aliphatic rings. The quantitative estimate of drug-likeness (QED) is 0.242. The number of nitrogens with zero attached hydrogens (tertiary/aromatic N) is 1. The Labute approximate surface area is 179 Å². The molecule has 0 radical (unpaired) electrons. The highest BCUT2D eigenvalue weighted by molar-refractivity contribution is 6.31. The Morgan fingerprint density at radius 2 is 1.45 bits per heavy atom. The van der Waals surface area contributed by atoms with Gasteiger partial charge in [0.2, 0.25) is 11.0 Å². The van der Waals surface area contributed by atoms with E-state index in [9.17, 15) is 0 Å². The average Bonchev–Trinajstić information content (AvgIpc) is 2.69. The maximum absolute atomic E-state index is 6.51. The zero-order chi connectivity index (χ0) is 20.7. The molecular formula is C27H29ClN+. The first-order chi connectivity index (χ1) is 13.9. The molecule has 0 unspecified atom stereocenters. The lowest BCUT2D eigenvalue weighted by atomic mass is 9.88. The van der Waals surface area contributed by atoms with Crippen molar-refractivity contribution in [1.29, 1.82) is 0 Å². The van der Waals surface area contributed by atoms with Crippen molar-refractivity contribution in [2.24, 2.45) is 0 Å². The van der Waals surface area contributed by atoms with Crippen LogP contribution in [0.5, 0.6) is 0 Å². The molecule has 0 saturated carbocycles. The summed E-state index contributed by atoms with van der Waals surface area (Å²) in [6, 6.07) is 19.9. The Kier molecular flexibility index (Phi) is 5.36. The van der Waals surface area contributed by atoms with E-state index < -0.39 is 0 Å². The Balaban J connectivity index is 2.28. The molecule has 4 aromatic rings. The maximum atomic E-state index is 6.51. The molecule has 0 N–H and O–H groups in total. The molecule has 29 heavy (non-hydrogen) atoms. The average molecular weight is 403 g/mol. The fourth-order valence-corrected chi connectivity index (χ4v) is 4.68. The third-order valence-electron chi connectivity index (χ3n) is 5.94. The Morgan fingerprint density at radius 1 is 0.828 bits per heavy atom. The van der Waals surface area contributed by atoms with E-state index in [2.05, 4.69) is 87.7 Å². The summed E-state index contributed by atoms with van der Waals surface area (Å²) in [6.45, 7) is 12.2. The Bertz CT molecular complexity index is 1200. The monoisotopic (exact) mass is 402 g/mol. The highest BCUT2D eigenvalue weighted by Crippen LogP contribution is 2.39. The predicted molar refractivity (Wildman–Crippen MR) is 126 cm³/mol. The van der Waals surface area contributed by atoms with E-state index >= 15 is 0 Å². The van der Waals surface area contributed by atoms with Crippen molar-refractivity contribution in [3.63, 3.8) is 0 Å². The molecular weight excluding hydrogens is 374 g/mol. The first-order valence-corrected chi connectivity index (χ1v) is 11.0. The van der Waals surface area contributed by atoms with Crippen LogP contribution < -0.4 is 4.57 Å². The normalized spacial score (nSPS) is 11.7. The minimum atomic E-state index is 0.486. The molecule has 0 spiro atoms. The van der Waals surface area contributed by atoms with Crippen LogP contribution in [0.25, 0.3) is 32.9 Å². The Morgan fingerprint density at radius 3 is 2.07 bits per heavy atom. The molecule has 0 amide bonds. The Hall–Kier alpha value is -2.38. The van der Waals surface area contributed by atoms with Gasteiger partial charge in [-0.2, -0.15) is 4.57 Å². The standard InChI is InChI=1S/C27H29ClN/c1-6-14-29-24-12-10-20(17(2)3)15-22(24)27(23-16-21(28)11-13-25(23)29)26-18(4)8-7-9-19(26)5/h7-13,15-17H,6,14H2,1-5H3/q+1. The van der Waals surface area contributed by atoms with Gasteiger partial charge in [-0.1, -0.05) is 56.6 Å². The SMILES string of the molecule is CCC[n+]1c2ccc(Cl)cc2c(-c2c(C)cccc2C)c2cc(C(C)C)ccc21.